The van der Waals surface area contributed by atoms with Crippen molar-refractivity contribution in [1.82, 2.24) is 15.1 Å². The maximum Gasteiger partial charge on any atom is 0.271 e. The van der Waals surface area contributed by atoms with Crippen LogP contribution in [0, 0.1) is 6.92 Å². The Labute approximate surface area is 121 Å². The number of nitrogens with one attached hydrogen (secondary N) is 1. The zero-order chi connectivity index (χ0) is 14.0. The third kappa shape index (κ3) is 2.82. The number of amides is 1. The summed E-state index contributed by atoms with van der Waals surface area (Å²) in [6, 6.07) is 4.02. The Balaban J connectivity index is 2.21. The molecule has 0 saturated heterocycles. The topological polar surface area (TPSA) is 46.9 Å². The van der Waals surface area contributed by atoms with Crippen molar-refractivity contribution in [2.24, 2.45) is 7.05 Å². The molecule has 0 radical (unpaired) electrons. The second-order valence-corrected chi connectivity index (χ2v) is 5.68. The van der Waals surface area contributed by atoms with E-state index >= 15 is 0 Å². The van der Waals surface area contributed by atoms with Gasteiger partial charge in [-0.25, -0.2) is 0 Å². The van der Waals surface area contributed by atoms with Crippen molar-refractivity contribution < 1.29 is 4.79 Å². The van der Waals surface area contributed by atoms with E-state index in [9.17, 15) is 4.79 Å². The van der Waals surface area contributed by atoms with Gasteiger partial charge in [-0.05, 0) is 24.8 Å². The first-order valence-corrected chi connectivity index (χ1v) is 7.33. The number of aryl methyl sites for hydroxylation is 2. The molecule has 0 aliphatic carbocycles. The molecule has 1 unspecified atom stereocenters. The first-order chi connectivity index (χ1) is 9.04. The maximum atomic E-state index is 12.3. The Bertz CT molecular complexity index is 577. The van der Waals surface area contributed by atoms with E-state index in [0.29, 0.717) is 16.4 Å². The summed E-state index contributed by atoms with van der Waals surface area (Å²) >= 11 is 7.76. The number of aromatic nitrogens is 2. The van der Waals surface area contributed by atoms with Crippen molar-refractivity contribution in [3.05, 3.63) is 38.8 Å². The lowest BCUT2D eigenvalue weighted by Gasteiger charge is -2.15. The molecule has 0 fully saturated rings. The van der Waals surface area contributed by atoms with Crippen LogP contribution in [0.25, 0.3) is 0 Å². The Kier molecular flexibility index (Phi) is 4.27. The van der Waals surface area contributed by atoms with E-state index in [1.54, 1.807) is 25.3 Å². The van der Waals surface area contributed by atoms with E-state index in [-0.39, 0.29) is 11.9 Å². The number of rotatable bonds is 4. The fourth-order valence-corrected chi connectivity index (χ4v) is 3.08. The molecule has 0 aliphatic rings. The van der Waals surface area contributed by atoms with Crippen LogP contribution in [0.1, 0.15) is 40.4 Å². The highest BCUT2D eigenvalue weighted by Gasteiger charge is 2.21. The minimum Gasteiger partial charge on any atom is -0.343 e. The lowest BCUT2D eigenvalue weighted by atomic mass is 10.2. The molecular weight excluding hydrogens is 282 g/mol. The van der Waals surface area contributed by atoms with E-state index in [1.165, 1.54) is 4.68 Å². The normalized spacial score (nSPS) is 12.4. The van der Waals surface area contributed by atoms with E-state index in [4.69, 9.17) is 11.6 Å². The van der Waals surface area contributed by atoms with Crippen molar-refractivity contribution in [2.75, 3.05) is 0 Å². The Morgan fingerprint density at radius 2 is 2.37 bits per heavy atom. The van der Waals surface area contributed by atoms with E-state index in [1.807, 2.05) is 24.4 Å². The molecule has 0 aromatic carbocycles. The zero-order valence-electron chi connectivity index (χ0n) is 11.1. The Morgan fingerprint density at radius 1 is 1.63 bits per heavy atom. The van der Waals surface area contributed by atoms with Gasteiger partial charge in [0, 0.05) is 11.9 Å². The van der Waals surface area contributed by atoms with Crippen LogP contribution in [0.2, 0.25) is 5.02 Å². The molecule has 1 N–H and O–H groups in total. The molecule has 0 spiro atoms. The van der Waals surface area contributed by atoms with Crippen LogP contribution < -0.4 is 5.32 Å². The van der Waals surface area contributed by atoms with E-state index in [0.717, 1.165) is 11.3 Å². The molecule has 4 nitrogen and oxygen atoms in total. The summed E-state index contributed by atoms with van der Waals surface area (Å²) in [5.41, 5.74) is 1.08. The molecule has 102 valence electrons. The highest BCUT2D eigenvalue weighted by Crippen LogP contribution is 2.24. The summed E-state index contributed by atoms with van der Waals surface area (Å²) in [6.45, 7) is 3.83. The standard InChI is InChI=1S/C13H16ClN3OS/c1-4-9(10-6-5-7-19-10)15-13(18)12-11(14)8(2)16-17(12)3/h5-7,9H,4H2,1-3H3,(H,15,18). The molecule has 2 aromatic rings. The average Bonchev–Trinajstić information content (AvgIpc) is 2.96. The summed E-state index contributed by atoms with van der Waals surface area (Å²) in [4.78, 5) is 13.5. The van der Waals surface area contributed by atoms with Gasteiger partial charge in [-0.3, -0.25) is 9.48 Å². The predicted molar refractivity (Wildman–Crippen MR) is 77.8 cm³/mol. The van der Waals surface area contributed by atoms with E-state index in [2.05, 4.69) is 10.4 Å². The van der Waals surface area contributed by atoms with Crippen molar-refractivity contribution in [3.8, 4) is 0 Å². The smallest absolute Gasteiger partial charge is 0.271 e. The minimum atomic E-state index is -0.187. The lowest BCUT2D eigenvalue weighted by Crippen LogP contribution is -2.29. The first-order valence-electron chi connectivity index (χ1n) is 6.08. The SMILES string of the molecule is CCC(NC(=O)c1c(Cl)c(C)nn1C)c1cccs1. The highest BCUT2D eigenvalue weighted by molar-refractivity contribution is 7.10. The summed E-state index contributed by atoms with van der Waals surface area (Å²) < 4.78 is 1.52. The molecule has 19 heavy (non-hydrogen) atoms. The molecule has 0 saturated carbocycles. The first kappa shape index (κ1) is 14.1. The quantitative estimate of drug-likeness (QED) is 0.941. The second-order valence-electron chi connectivity index (χ2n) is 4.32. The molecule has 0 aliphatic heterocycles. The van der Waals surface area contributed by atoms with Crippen LogP contribution in [0.15, 0.2) is 17.5 Å². The van der Waals surface area contributed by atoms with Gasteiger partial charge in [0.15, 0.2) is 0 Å². The van der Waals surface area contributed by atoms with Gasteiger partial charge in [0.25, 0.3) is 5.91 Å². The number of halogens is 1. The number of carbonyl (C=O) groups excluding carboxylic acids is 1. The summed E-state index contributed by atoms with van der Waals surface area (Å²) in [6.07, 6.45) is 0.834. The molecule has 6 heteroatoms. The minimum absolute atomic E-state index is 0.0128. The van der Waals surface area contributed by atoms with Gasteiger partial charge < -0.3 is 5.32 Å². The third-order valence-corrected chi connectivity index (χ3v) is 4.40. The molecule has 1 amide bonds. The fourth-order valence-electron chi connectivity index (χ4n) is 1.97. The molecular formula is C13H16ClN3OS. The van der Waals surface area contributed by atoms with Gasteiger partial charge in [0.2, 0.25) is 0 Å². The number of hydrogen-bond donors (Lipinski definition) is 1. The van der Waals surface area contributed by atoms with E-state index < -0.39 is 0 Å². The van der Waals surface area contributed by atoms with Gasteiger partial charge in [-0.15, -0.1) is 11.3 Å². The lowest BCUT2D eigenvalue weighted by molar-refractivity contribution is 0.0927. The monoisotopic (exact) mass is 297 g/mol. The molecule has 0 bridgehead atoms. The third-order valence-electron chi connectivity index (χ3n) is 2.96. The van der Waals surface area contributed by atoms with Gasteiger partial charge >= 0.3 is 0 Å². The summed E-state index contributed by atoms with van der Waals surface area (Å²) in [5.74, 6) is -0.187. The zero-order valence-corrected chi connectivity index (χ0v) is 12.7. The van der Waals surface area contributed by atoms with Crippen LogP contribution in [-0.4, -0.2) is 15.7 Å². The second kappa shape index (κ2) is 5.75. The van der Waals surface area contributed by atoms with Gasteiger partial charge in [-0.2, -0.15) is 5.10 Å². The van der Waals surface area contributed by atoms with Gasteiger partial charge in [0.05, 0.1) is 16.8 Å². The van der Waals surface area contributed by atoms with Crippen molar-refractivity contribution in [2.45, 2.75) is 26.3 Å². The number of carbonyl (C=O) groups is 1. The van der Waals surface area contributed by atoms with Gasteiger partial charge in [0.1, 0.15) is 5.69 Å². The van der Waals surface area contributed by atoms with Gasteiger partial charge in [-0.1, -0.05) is 24.6 Å². The predicted octanol–water partition coefficient (Wildman–Crippen LogP) is 3.32. The Hall–Kier alpha value is -1.33. The fraction of sp³-hybridized carbons (Fsp3) is 0.385. The number of nitrogens with zero attached hydrogens (tertiary/aromatic N) is 2. The van der Waals surface area contributed by atoms with Crippen molar-refractivity contribution in [1.29, 1.82) is 0 Å². The maximum absolute atomic E-state index is 12.3. The van der Waals surface area contributed by atoms with Crippen LogP contribution in [-0.2, 0) is 7.05 Å². The summed E-state index contributed by atoms with van der Waals surface area (Å²) in [7, 11) is 1.72. The summed E-state index contributed by atoms with van der Waals surface area (Å²) in [5, 5.41) is 9.58. The largest absolute Gasteiger partial charge is 0.343 e. The molecule has 2 rings (SSSR count). The Morgan fingerprint density at radius 3 is 2.84 bits per heavy atom. The van der Waals surface area contributed by atoms with Crippen molar-refractivity contribution in [3.63, 3.8) is 0 Å². The van der Waals surface area contributed by atoms with Crippen LogP contribution in [0.3, 0.4) is 0 Å². The molecule has 1 atom stereocenters. The van der Waals surface area contributed by atoms with Crippen LogP contribution in [0.5, 0.6) is 0 Å². The van der Waals surface area contributed by atoms with Crippen LogP contribution >= 0.6 is 22.9 Å². The average molecular weight is 298 g/mol. The van der Waals surface area contributed by atoms with Crippen LogP contribution in [0.4, 0.5) is 0 Å². The number of thiophene rings is 1. The highest BCUT2D eigenvalue weighted by atomic mass is 35.5. The van der Waals surface area contributed by atoms with Crippen molar-refractivity contribution >= 4 is 28.8 Å². The number of hydrogen-bond acceptors (Lipinski definition) is 3. The molecule has 2 aromatic heterocycles. The molecule has 2 heterocycles.